The van der Waals surface area contributed by atoms with Gasteiger partial charge in [0.1, 0.15) is 5.52 Å². The second-order valence-corrected chi connectivity index (χ2v) is 7.12. The van der Waals surface area contributed by atoms with Crippen LogP contribution in [-0.4, -0.2) is 38.2 Å². The fraction of sp³-hybridized carbons (Fsp3) is 0.381. The Hall–Kier alpha value is -3.11. The standard InChI is InChI=1S/C21H24N6O/c1-2-3-11-27-19-18(24-21(27)26-10-5-7-17(22)15-26)8-12-25(20(19)28)14-16-6-4-9-23-13-16/h4,6,8-9,12-13,17H,5,7,10-11,14-15,22H2,1H3. The molecule has 7 heteroatoms. The summed E-state index contributed by atoms with van der Waals surface area (Å²) in [5, 5.41) is 0. The van der Waals surface area contributed by atoms with Crippen LogP contribution in [0.25, 0.3) is 11.0 Å². The van der Waals surface area contributed by atoms with Gasteiger partial charge in [0, 0.05) is 37.7 Å². The SMILES string of the molecule is CC#CCn1c(N2CCCC(N)C2)nc2ccn(Cc3cccnc3)c(=O)c21. The molecule has 1 atom stereocenters. The molecule has 3 aromatic rings. The molecule has 1 saturated heterocycles. The third-order valence-corrected chi connectivity index (χ3v) is 5.08. The van der Waals surface area contributed by atoms with Crippen LogP contribution in [0.2, 0.25) is 0 Å². The molecule has 4 heterocycles. The van der Waals surface area contributed by atoms with Crippen LogP contribution in [0, 0.1) is 11.8 Å². The summed E-state index contributed by atoms with van der Waals surface area (Å²) in [6.07, 6.45) is 7.34. The van der Waals surface area contributed by atoms with Crippen LogP contribution >= 0.6 is 0 Å². The van der Waals surface area contributed by atoms with Gasteiger partial charge in [0.2, 0.25) is 5.95 Å². The van der Waals surface area contributed by atoms with Gasteiger partial charge in [-0.3, -0.25) is 14.3 Å². The molecule has 28 heavy (non-hydrogen) atoms. The molecular weight excluding hydrogens is 352 g/mol. The highest BCUT2D eigenvalue weighted by atomic mass is 16.1. The molecule has 2 N–H and O–H groups in total. The minimum Gasteiger partial charge on any atom is -0.341 e. The maximum Gasteiger partial charge on any atom is 0.277 e. The Kier molecular flexibility index (Phi) is 5.13. The third-order valence-electron chi connectivity index (χ3n) is 5.08. The lowest BCUT2D eigenvalue weighted by Crippen LogP contribution is -2.44. The minimum absolute atomic E-state index is 0.0701. The van der Waals surface area contributed by atoms with Gasteiger partial charge in [0.05, 0.1) is 18.6 Å². The van der Waals surface area contributed by atoms with Crippen molar-refractivity contribution in [3.63, 3.8) is 0 Å². The van der Waals surface area contributed by atoms with E-state index in [-0.39, 0.29) is 11.6 Å². The molecule has 0 saturated carbocycles. The van der Waals surface area contributed by atoms with Crippen LogP contribution in [0.1, 0.15) is 25.3 Å². The van der Waals surface area contributed by atoms with E-state index in [0.717, 1.165) is 37.4 Å². The first-order valence-electron chi connectivity index (χ1n) is 9.56. The zero-order chi connectivity index (χ0) is 19.5. The smallest absolute Gasteiger partial charge is 0.277 e. The van der Waals surface area contributed by atoms with Gasteiger partial charge in [-0.2, -0.15) is 0 Å². The van der Waals surface area contributed by atoms with Gasteiger partial charge in [-0.1, -0.05) is 12.0 Å². The lowest BCUT2D eigenvalue weighted by atomic mass is 10.1. The van der Waals surface area contributed by atoms with Gasteiger partial charge in [-0.25, -0.2) is 4.98 Å². The molecule has 1 aliphatic heterocycles. The van der Waals surface area contributed by atoms with Crippen molar-refractivity contribution in [2.45, 2.75) is 38.9 Å². The molecule has 4 rings (SSSR count). The molecule has 0 spiro atoms. The van der Waals surface area contributed by atoms with Gasteiger partial charge >= 0.3 is 0 Å². The highest BCUT2D eigenvalue weighted by Gasteiger charge is 2.23. The Morgan fingerprint density at radius 1 is 1.36 bits per heavy atom. The molecule has 144 valence electrons. The molecule has 0 radical (unpaired) electrons. The Labute approximate surface area is 163 Å². The number of hydrogen-bond acceptors (Lipinski definition) is 5. The fourth-order valence-electron chi connectivity index (χ4n) is 3.72. The number of pyridine rings is 2. The summed E-state index contributed by atoms with van der Waals surface area (Å²) < 4.78 is 3.63. The van der Waals surface area contributed by atoms with Crippen molar-refractivity contribution in [2.24, 2.45) is 5.73 Å². The number of anilines is 1. The van der Waals surface area contributed by atoms with E-state index in [0.29, 0.717) is 24.1 Å². The predicted molar refractivity (Wildman–Crippen MR) is 110 cm³/mol. The molecule has 1 fully saturated rings. The maximum absolute atomic E-state index is 13.3. The number of nitrogens with two attached hydrogens (primary N) is 1. The van der Waals surface area contributed by atoms with E-state index < -0.39 is 0 Å². The number of imidazole rings is 1. The number of hydrogen-bond donors (Lipinski definition) is 1. The summed E-state index contributed by atoms with van der Waals surface area (Å²) in [5.74, 6) is 6.79. The molecular formula is C21H24N6O. The van der Waals surface area contributed by atoms with E-state index in [1.807, 2.05) is 22.8 Å². The second-order valence-electron chi connectivity index (χ2n) is 7.12. The summed E-state index contributed by atoms with van der Waals surface area (Å²) in [6, 6.07) is 5.86. The molecule has 0 aliphatic carbocycles. The number of nitrogens with zero attached hydrogens (tertiary/aromatic N) is 5. The normalized spacial score (nSPS) is 16.8. The van der Waals surface area contributed by atoms with Crippen LogP contribution in [0.5, 0.6) is 0 Å². The van der Waals surface area contributed by atoms with E-state index in [1.54, 1.807) is 30.1 Å². The van der Waals surface area contributed by atoms with Gasteiger partial charge in [0.25, 0.3) is 5.56 Å². The first-order valence-corrected chi connectivity index (χ1v) is 9.56. The van der Waals surface area contributed by atoms with Gasteiger partial charge in [0.15, 0.2) is 0 Å². The lowest BCUT2D eigenvalue weighted by Gasteiger charge is -2.31. The minimum atomic E-state index is -0.0701. The predicted octanol–water partition coefficient (Wildman–Crippen LogP) is 1.59. The second kappa shape index (κ2) is 7.87. The van der Waals surface area contributed by atoms with Crippen LogP contribution in [0.15, 0.2) is 41.6 Å². The zero-order valence-corrected chi connectivity index (χ0v) is 16.0. The van der Waals surface area contributed by atoms with Crippen molar-refractivity contribution in [1.82, 2.24) is 19.1 Å². The van der Waals surface area contributed by atoms with Crippen molar-refractivity contribution in [3.05, 3.63) is 52.7 Å². The van der Waals surface area contributed by atoms with Crippen LogP contribution < -0.4 is 16.2 Å². The summed E-state index contributed by atoms with van der Waals surface area (Å²) in [5.41, 5.74) is 8.36. The molecule has 0 aromatic carbocycles. The molecule has 7 nitrogen and oxygen atoms in total. The van der Waals surface area contributed by atoms with Gasteiger partial charge < -0.3 is 15.2 Å². The molecule has 1 unspecified atom stereocenters. The monoisotopic (exact) mass is 376 g/mol. The van der Waals surface area contributed by atoms with Crippen molar-refractivity contribution >= 4 is 17.0 Å². The quantitative estimate of drug-likeness (QED) is 0.700. The third kappa shape index (κ3) is 3.51. The average Bonchev–Trinajstić information content (AvgIpc) is 3.08. The summed E-state index contributed by atoms with van der Waals surface area (Å²) in [6.45, 7) is 4.33. The number of fused-ring (bicyclic) bond motifs is 1. The van der Waals surface area contributed by atoms with Crippen LogP contribution in [0.4, 0.5) is 5.95 Å². The Morgan fingerprint density at radius 2 is 2.25 bits per heavy atom. The van der Waals surface area contributed by atoms with Gasteiger partial charge in [-0.15, -0.1) is 5.92 Å². The zero-order valence-electron chi connectivity index (χ0n) is 16.0. The van der Waals surface area contributed by atoms with Crippen LogP contribution in [0.3, 0.4) is 0 Å². The Bertz CT molecular complexity index is 1090. The highest BCUT2D eigenvalue weighted by molar-refractivity contribution is 5.78. The summed E-state index contributed by atoms with van der Waals surface area (Å²) in [7, 11) is 0. The first kappa shape index (κ1) is 18.3. The Morgan fingerprint density at radius 3 is 3.00 bits per heavy atom. The van der Waals surface area contributed by atoms with E-state index in [9.17, 15) is 4.79 Å². The Balaban J connectivity index is 1.81. The first-order chi connectivity index (χ1) is 13.7. The lowest BCUT2D eigenvalue weighted by molar-refractivity contribution is 0.496. The summed E-state index contributed by atoms with van der Waals surface area (Å²) in [4.78, 5) is 24.4. The van der Waals surface area contributed by atoms with Crippen molar-refractivity contribution in [1.29, 1.82) is 0 Å². The van der Waals surface area contributed by atoms with Gasteiger partial charge in [-0.05, 0) is 37.5 Å². The maximum atomic E-state index is 13.3. The van der Waals surface area contributed by atoms with Crippen LogP contribution in [-0.2, 0) is 13.1 Å². The number of piperidine rings is 1. The fourth-order valence-corrected chi connectivity index (χ4v) is 3.72. The van der Waals surface area contributed by atoms with Crippen molar-refractivity contribution in [3.8, 4) is 11.8 Å². The van der Waals surface area contributed by atoms with E-state index in [1.165, 1.54) is 0 Å². The molecule has 0 bridgehead atoms. The number of rotatable bonds is 4. The van der Waals surface area contributed by atoms with Crippen molar-refractivity contribution in [2.75, 3.05) is 18.0 Å². The van der Waals surface area contributed by atoms with Crippen molar-refractivity contribution < 1.29 is 0 Å². The summed E-state index contributed by atoms with van der Waals surface area (Å²) >= 11 is 0. The highest BCUT2D eigenvalue weighted by Crippen LogP contribution is 2.23. The largest absolute Gasteiger partial charge is 0.341 e. The topological polar surface area (TPSA) is 82.0 Å². The molecule has 3 aromatic heterocycles. The molecule has 0 amide bonds. The van der Waals surface area contributed by atoms with E-state index in [2.05, 4.69) is 21.7 Å². The van der Waals surface area contributed by atoms with E-state index in [4.69, 9.17) is 10.7 Å². The molecule has 1 aliphatic rings. The average molecular weight is 376 g/mol. The number of aromatic nitrogens is 4. The van der Waals surface area contributed by atoms with E-state index >= 15 is 0 Å².